The molecule has 0 radical (unpaired) electrons. The van der Waals surface area contributed by atoms with Gasteiger partial charge in [0.15, 0.2) is 17.3 Å². The Morgan fingerprint density at radius 3 is 2.52 bits per heavy atom. The number of hydrogen-bond acceptors (Lipinski definition) is 5. The van der Waals surface area contributed by atoms with Crippen LogP contribution in [-0.4, -0.2) is 50.1 Å². The van der Waals surface area contributed by atoms with Crippen LogP contribution in [0.4, 0.5) is 0 Å². The molecule has 0 amide bonds. The molecule has 31 heavy (non-hydrogen) atoms. The molecule has 0 bridgehead atoms. The summed E-state index contributed by atoms with van der Waals surface area (Å²) in [6.07, 6.45) is 1.80. The fourth-order valence-corrected chi connectivity index (χ4v) is 4.44. The van der Waals surface area contributed by atoms with E-state index in [-0.39, 0.29) is 4.90 Å². The smallest absolute Gasteiger partial charge is 0.242 e. The van der Waals surface area contributed by atoms with Crippen molar-refractivity contribution in [2.45, 2.75) is 25.3 Å². The van der Waals surface area contributed by atoms with Crippen LogP contribution in [0.25, 0.3) is 22.1 Å². The topological polar surface area (TPSA) is 73.7 Å². The summed E-state index contributed by atoms with van der Waals surface area (Å²) in [7, 11) is 1.04. The van der Waals surface area contributed by atoms with E-state index in [1.54, 1.807) is 31.4 Å². The second kappa shape index (κ2) is 9.30. The number of hydrogen-bond donors (Lipinski definition) is 0. The second-order valence-electron chi connectivity index (χ2n) is 6.95. The minimum atomic E-state index is -3.55. The monoisotopic (exact) mass is 463 g/mol. The van der Waals surface area contributed by atoms with Crippen molar-refractivity contribution in [1.82, 2.24) is 13.9 Å². The van der Waals surface area contributed by atoms with Crippen LogP contribution in [0.5, 0.6) is 11.5 Å². The Bertz CT molecular complexity index is 1230. The van der Waals surface area contributed by atoms with Crippen molar-refractivity contribution in [3.05, 3.63) is 47.8 Å². The summed E-state index contributed by atoms with van der Waals surface area (Å²) in [5.41, 5.74) is 2.21. The highest BCUT2D eigenvalue weighted by atomic mass is 35.5. The normalized spacial score (nSPS) is 12.5. The average molecular weight is 464 g/mol. The molecule has 0 fully saturated rings. The van der Waals surface area contributed by atoms with Gasteiger partial charge >= 0.3 is 0 Å². The van der Waals surface area contributed by atoms with Crippen LogP contribution in [0.2, 0.25) is 0 Å². The van der Waals surface area contributed by atoms with Crippen molar-refractivity contribution < 1.29 is 17.9 Å². The summed E-state index contributed by atoms with van der Waals surface area (Å²) in [5.74, 6) is 1.84. The SMILES string of the molecule is CCOc1cc(/C=C(/Cl)c2nc3cc(S(=O)(=O)N(C)C)ccc3n2CC)ccc1OC. The average Bonchev–Trinajstić information content (AvgIpc) is 3.12. The molecular weight excluding hydrogens is 438 g/mol. The van der Waals surface area contributed by atoms with Gasteiger partial charge in [-0.3, -0.25) is 0 Å². The van der Waals surface area contributed by atoms with E-state index in [0.29, 0.717) is 41.0 Å². The molecule has 0 aliphatic heterocycles. The summed E-state index contributed by atoms with van der Waals surface area (Å²) >= 11 is 6.66. The Morgan fingerprint density at radius 1 is 1.16 bits per heavy atom. The Kier molecular flexibility index (Phi) is 6.93. The maximum absolute atomic E-state index is 12.5. The molecule has 7 nitrogen and oxygen atoms in total. The second-order valence-corrected chi connectivity index (χ2v) is 9.51. The van der Waals surface area contributed by atoms with Crippen molar-refractivity contribution in [1.29, 1.82) is 0 Å². The van der Waals surface area contributed by atoms with Gasteiger partial charge in [0.25, 0.3) is 0 Å². The molecule has 0 atom stereocenters. The summed E-state index contributed by atoms with van der Waals surface area (Å²) in [6, 6.07) is 10.5. The highest BCUT2D eigenvalue weighted by Crippen LogP contribution is 2.32. The fourth-order valence-electron chi connectivity index (χ4n) is 3.25. The van der Waals surface area contributed by atoms with Gasteiger partial charge in [-0.15, -0.1) is 0 Å². The molecule has 0 unspecified atom stereocenters. The summed E-state index contributed by atoms with van der Waals surface area (Å²) in [4.78, 5) is 4.82. The molecule has 166 valence electrons. The van der Waals surface area contributed by atoms with Gasteiger partial charge < -0.3 is 14.0 Å². The lowest BCUT2D eigenvalue weighted by atomic mass is 10.2. The van der Waals surface area contributed by atoms with E-state index in [0.717, 1.165) is 11.1 Å². The molecule has 0 spiro atoms. The van der Waals surface area contributed by atoms with Crippen molar-refractivity contribution >= 4 is 43.8 Å². The standard InChI is InChI=1S/C22H26ClN3O4S/c1-6-26-19-10-9-16(31(27,28)25(3)4)14-18(19)24-22(26)17(23)12-15-8-11-20(29-5)21(13-15)30-7-2/h8-14H,6-7H2,1-5H3/b17-12+. The van der Waals surface area contributed by atoms with E-state index in [2.05, 4.69) is 4.98 Å². The predicted molar refractivity (Wildman–Crippen MR) is 124 cm³/mol. The van der Waals surface area contributed by atoms with Gasteiger partial charge in [-0.05, 0) is 55.8 Å². The maximum Gasteiger partial charge on any atom is 0.242 e. The largest absolute Gasteiger partial charge is 0.493 e. The molecule has 9 heteroatoms. The number of halogens is 1. The number of nitrogens with zero attached hydrogens (tertiary/aromatic N) is 3. The first-order chi connectivity index (χ1) is 14.7. The zero-order valence-electron chi connectivity index (χ0n) is 18.2. The van der Waals surface area contributed by atoms with Gasteiger partial charge in [0, 0.05) is 20.6 Å². The number of fused-ring (bicyclic) bond motifs is 1. The first kappa shape index (κ1) is 23.1. The van der Waals surface area contributed by atoms with Crippen LogP contribution < -0.4 is 9.47 Å². The summed E-state index contributed by atoms with van der Waals surface area (Å²) in [6.45, 7) is 5.03. The van der Waals surface area contributed by atoms with E-state index >= 15 is 0 Å². The first-order valence-corrected chi connectivity index (χ1v) is 11.7. The van der Waals surface area contributed by atoms with E-state index in [4.69, 9.17) is 21.1 Å². The van der Waals surface area contributed by atoms with Crippen molar-refractivity contribution in [3.63, 3.8) is 0 Å². The van der Waals surface area contributed by atoms with Gasteiger partial charge in [-0.1, -0.05) is 17.7 Å². The number of imidazole rings is 1. The molecule has 2 aromatic carbocycles. The van der Waals surface area contributed by atoms with Gasteiger partial charge in [0.05, 0.1) is 34.7 Å². The fraction of sp³-hybridized carbons (Fsp3) is 0.318. The minimum Gasteiger partial charge on any atom is -0.493 e. The predicted octanol–water partition coefficient (Wildman–Crippen LogP) is 4.45. The molecule has 3 rings (SSSR count). The number of rotatable bonds is 8. The zero-order valence-corrected chi connectivity index (χ0v) is 19.8. The molecule has 3 aromatic rings. The van der Waals surface area contributed by atoms with Crippen LogP contribution in [0.3, 0.4) is 0 Å². The number of sulfonamides is 1. The molecule has 0 aliphatic rings. The lowest BCUT2D eigenvalue weighted by Gasteiger charge is -2.11. The molecule has 0 aliphatic carbocycles. The highest BCUT2D eigenvalue weighted by molar-refractivity contribution is 7.89. The lowest BCUT2D eigenvalue weighted by Crippen LogP contribution is -2.22. The quantitative estimate of drug-likeness (QED) is 0.493. The van der Waals surface area contributed by atoms with Crippen LogP contribution in [0.1, 0.15) is 25.2 Å². The zero-order chi connectivity index (χ0) is 22.8. The van der Waals surface area contributed by atoms with Crippen LogP contribution in [0, 0.1) is 0 Å². The molecular formula is C22H26ClN3O4S. The highest BCUT2D eigenvalue weighted by Gasteiger charge is 2.20. The number of aromatic nitrogens is 2. The molecule has 0 saturated heterocycles. The van der Waals surface area contributed by atoms with Gasteiger partial charge in [-0.2, -0.15) is 0 Å². The van der Waals surface area contributed by atoms with E-state index in [1.165, 1.54) is 18.4 Å². The molecule has 0 saturated carbocycles. The van der Waals surface area contributed by atoms with E-state index in [1.807, 2.05) is 36.6 Å². The molecule has 1 aromatic heterocycles. The van der Waals surface area contributed by atoms with Crippen LogP contribution >= 0.6 is 11.6 Å². The lowest BCUT2D eigenvalue weighted by molar-refractivity contribution is 0.311. The Labute approximate surface area is 187 Å². The van der Waals surface area contributed by atoms with Gasteiger partial charge in [-0.25, -0.2) is 17.7 Å². The number of methoxy groups -OCH3 is 1. The number of ether oxygens (including phenoxy) is 2. The minimum absolute atomic E-state index is 0.189. The third-order valence-electron chi connectivity index (χ3n) is 4.81. The Hall–Kier alpha value is -2.55. The van der Waals surface area contributed by atoms with E-state index < -0.39 is 10.0 Å². The van der Waals surface area contributed by atoms with Gasteiger partial charge in [0.1, 0.15) is 0 Å². The summed E-state index contributed by atoms with van der Waals surface area (Å²) < 4.78 is 39.1. The Balaban J connectivity index is 2.08. The van der Waals surface area contributed by atoms with Crippen molar-refractivity contribution in [2.75, 3.05) is 27.8 Å². The Morgan fingerprint density at radius 2 is 1.90 bits per heavy atom. The van der Waals surface area contributed by atoms with Crippen LogP contribution in [0.15, 0.2) is 41.3 Å². The first-order valence-electron chi connectivity index (χ1n) is 9.84. The van der Waals surface area contributed by atoms with Crippen molar-refractivity contribution in [3.8, 4) is 11.5 Å². The third-order valence-corrected chi connectivity index (χ3v) is 6.90. The van der Waals surface area contributed by atoms with Crippen LogP contribution in [-0.2, 0) is 16.6 Å². The third kappa shape index (κ3) is 4.56. The molecule has 0 N–H and O–H groups in total. The number of aryl methyl sites for hydroxylation is 1. The van der Waals surface area contributed by atoms with Gasteiger partial charge in [0.2, 0.25) is 10.0 Å². The summed E-state index contributed by atoms with van der Waals surface area (Å²) in [5, 5.41) is 0.433. The van der Waals surface area contributed by atoms with Crippen molar-refractivity contribution in [2.24, 2.45) is 0 Å². The van der Waals surface area contributed by atoms with E-state index in [9.17, 15) is 8.42 Å². The number of benzene rings is 2. The molecule has 1 heterocycles. The maximum atomic E-state index is 12.5.